The number of hydrogen-bond donors (Lipinski definition) is 4. The molecule has 0 bridgehead atoms. The van der Waals surface area contributed by atoms with Gasteiger partial charge in [0.05, 0.1) is 24.8 Å². The molecular weight excluding hydrogens is 465 g/mol. The molecular formula is C20H23F3N4O7. The van der Waals surface area contributed by atoms with Crippen molar-refractivity contribution in [1.29, 1.82) is 0 Å². The molecule has 0 unspecified atom stereocenters. The monoisotopic (exact) mass is 488 g/mol. The van der Waals surface area contributed by atoms with Gasteiger partial charge in [0, 0.05) is 30.7 Å². The van der Waals surface area contributed by atoms with Crippen LogP contribution >= 0.6 is 0 Å². The van der Waals surface area contributed by atoms with Gasteiger partial charge < -0.3 is 25.0 Å². The summed E-state index contributed by atoms with van der Waals surface area (Å²) < 4.78 is 43.0. The zero-order chi connectivity index (χ0) is 24.9. The Morgan fingerprint density at radius 3 is 2.47 bits per heavy atom. The first kappa shape index (κ1) is 25.4. The van der Waals surface area contributed by atoms with Crippen LogP contribution in [0.2, 0.25) is 0 Å². The Bertz CT molecular complexity index is 1040. The van der Waals surface area contributed by atoms with Crippen LogP contribution in [0, 0.1) is 0 Å². The maximum atomic E-state index is 12.5. The number of carbonyl (C=O) groups excluding carboxylic acids is 1. The number of nitrogens with one attached hydrogen (secondary N) is 2. The van der Waals surface area contributed by atoms with Crippen LogP contribution in [0.4, 0.5) is 18.9 Å². The summed E-state index contributed by atoms with van der Waals surface area (Å²) in [4.78, 5) is 34.9. The highest BCUT2D eigenvalue weighted by atomic mass is 19.4. The van der Waals surface area contributed by atoms with Crippen molar-refractivity contribution in [2.75, 3.05) is 38.2 Å². The molecule has 2 atom stereocenters. The Morgan fingerprint density at radius 1 is 1.18 bits per heavy atom. The third-order valence-electron chi connectivity index (χ3n) is 5.24. The van der Waals surface area contributed by atoms with E-state index in [1.165, 1.54) is 0 Å². The number of carboxylic acid groups (broad SMARTS) is 2. The van der Waals surface area contributed by atoms with E-state index in [4.69, 9.17) is 19.4 Å². The van der Waals surface area contributed by atoms with E-state index in [9.17, 15) is 27.9 Å². The van der Waals surface area contributed by atoms with Crippen molar-refractivity contribution in [2.45, 2.75) is 31.2 Å². The molecule has 11 nitrogen and oxygen atoms in total. The number of morpholine rings is 1. The average molecular weight is 488 g/mol. The van der Waals surface area contributed by atoms with Gasteiger partial charge in [0.15, 0.2) is 5.69 Å². The van der Waals surface area contributed by atoms with Crippen LogP contribution in [0.1, 0.15) is 23.3 Å². The number of aromatic amines is 1. The van der Waals surface area contributed by atoms with Crippen molar-refractivity contribution < 1.29 is 47.2 Å². The molecule has 2 aromatic rings. The molecule has 186 valence electrons. The van der Waals surface area contributed by atoms with E-state index < -0.39 is 24.2 Å². The fraction of sp³-hybridized carbons (Fsp3) is 0.500. The van der Waals surface area contributed by atoms with Crippen LogP contribution in [0.25, 0.3) is 10.9 Å². The second-order valence-corrected chi connectivity index (χ2v) is 7.67. The lowest BCUT2D eigenvalue weighted by atomic mass is 10.1. The van der Waals surface area contributed by atoms with Gasteiger partial charge in [0.2, 0.25) is 0 Å². The molecule has 2 aliphatic rings. The molecule has 0 aliphatic carbocycles. The van der Waals surface area contributed by atoms with Gasteiger partial charge in [-0.05, 0) is 31.0 Å². The van der Waals surface area contributed by atoms with Crippen molar-refractivity contribution in [3.8, 4) is 0 Å². The highest BCUT2D eigenvalue weighted by Gasteiger charge is 2.38. The molecule has 2 saturated heterocycles. The van der Waals surface area contributed by atoms with Gasteiger partial charge in [-0.3, -0.25) is 14.8 Å². The van der Waals surface area contributed by atoms with Crippen molar-refractivity contribution >= 4 is 34.4 Å². The minimum atomic E-state index is -5.08. The number of alkyl halides is 3. The molecule has 2 fully saturated rings. The van der Waals surface area contributed by atoms with Crippen LogP contribution in [0.15, 0.2) is 18.2 Å². The summed E-state index contributed by atoms with van der Waals surface area (Å²) >= 11 is 0. The van der Waals surface area contributed by atoms with E-state index in [0.717, 1.165) is 39.3 Å². The minimum Gasteiger partial charge on any atom is -0.476 e. The molecule has 1 amide bonds. The Hall–Kier alpha value is -3.23. The maximum Gasteiger partial charge on any atom is 0.490 e. The number of ether oxygens (including phenoxy) is 2. The predicted molar refractivity (Wildman–Crippen MR) is 111 cm³/mol. The predicted octanol–water partition coefficient (Wildman–Crippen LogP) is 1.71. The van der Waals surface area contributed by atoms with Crippen LogP contribution < -0.4 is 5.32 Å². The minimum absolute atomic E-state index is 0.0498. The number of carboxylic acids is 2. The number of benzene rings is 1. The largest absolute Gasteiger partial charge is 0.490 e. The van der Waals surface area contributed by atoms with E-state index in [-0.39, 0.29) is 17.7 Å². The molecule has 2 aliphatic heterocycles. The first-order chi connectivity index (χ1) is 16.0. The number of aromatic carboxylic acids is 1. The SMILES string of the molecule is O=C(O)C(F)(F)F.O=C(O)c1n[nH]c2ccc(NC(=O)[C@@H]3CC[C@H](CN4CCOCC4)O3)cc12. The van der Waals surface area contributed by atoms with Crippen molar-refractivity contribution in [1.82, 2.24) is 15.1 Å². The van der Waals surface area contributed by atoms with E-state index in [1.54, 1.807) is 18.2 Å². The summed E-state index contributed by atoms with van der Waals surface area (Å²) in [5.41, 5.74) is 1.06. The molecule has 0 saturated carbocycles. The summed E-state index contributed by atoms with van der Waals surface area (Å²) in [6, 6.07) is 5.02. The van der Waals surface area contributed by atoms with Crippen molar-refractivity contribution in [2.24, 2.45) is 0 Å². The second kappa shape index (κ2) is 10.8. The topological polar surface area (TPSA) is 154 Å². The molecule has 4 N–H and O–H groups in total. The van der Waals surface area contributed by atoms with E-state index in [0.29, 0.717) is 23.0 Å². The van der Waals surface area contributed by atoms with E-state index in [2.05, 4.69) is 20.4 Å². The molecule has 1 aromatic carbocycles. The number of hydrogen-bond acceptors (Lipinski definition) is 7. The van der Waals surface area contributed by atoms with E-state index in [1.807, 2.05) is 0 Å². The number of carbonyl (C=O) groups is 3. The summed E-state index contributed by atoms with van der Waals surface area (Å²) in [6.45, 7) is 4.09. The number of H-pyrrole nitrogens is 1. The number of amides is 1. The lowest BCUT2D eigenvalue weighted by Gasteiger charge is -2.28. The van der Waals surface area contributed by atoms with Crippen LogP contribution in [0.3, 0.4) is 0 Å². The normalized spacial score (nSPS) is 21.0. The number of fused-ring (bicyclic) bond motifs is 1. The molecule has 14 heteroatoms. The number of rotatable bonds is 5. The second-order valence-electron chi connectivity index (χ2n) is 7.67. The van der Waals surface area contributed by atoms with Gasteiger partial charge >= 0.3 is 18.1 Å². The molecule has 0 radical (unpaired) electrons. The van der Waals surface area contributed by atoms with E-state index >= 15 is 0 Å². The lowest BCUT2D eigenvalue weighted by Crippen LogP contribution is -2.41. The standard InChI is InChI=1S/C18H22N4O5.C2HF3O2/c23-17(15-4-2-12(27-15)10-22-5-7-26-8-6-22)19-11-1-3-14-13(9-11)16(18(24)25)21-20-14;3-2(4,5)1(6)7/h1,3,9,12,15H,2,4-8,10H2,(H,19,23)(H,20,21)(H,24,25);(H,6,7)/t12-,15+;/m1./s1. The quantitative estimate of drug-likeness (QED) is 0.492. The van der Waals surface area contributed by atoms with Gasteiger partial charge in [0.1, 0.15) is 6.10 Å². The fourth-order valence-corrected chi connectivity index (χ4v) is 3.58. The summed E-state index contributed by atoms with van der Waals surface area (Å²) in [6.07, 6.45) is -4.00. The lowest BCUT2D eigenvalue weighted by molar-refractivity contribution is -0.192. The molecule has 34 heavy (non-hydrogen) atoms. The maximum absolute atomic E-state index is 12.5. The number of anilines is 1. The zero-order valence-corrected chi connectivity index (χ0v) is 17.8. The highest BCUT2D eigenvalue weighted by Crippen LogP contribution is 2.24. The zero-order valence-electron chi connectivity index (χ0n) is 17.8. The smallest absolute Gasteiger partial charge is 0.476 e. The summed E-state index contributed by atoms with van der Waals surface area (Å²) in [5, 5.41) is 26.0. The Balaban J connectivity index is 0.000000406. The fourth-order valence-electron chi connectivity index (χ4n) is 3.58. The van der Waals surface area contributed by atoms with Crippen LogP contribution in [0.5, 0.6) is 0 Å². The highest BCUT2D eigenvalue weighted by molar-refractivity contribution is 6.03. The van der Waals surface area contributed by atoms with Gasteiger partial charge in [-0.25, -0.2) is 9.59 Å². The first-order valence-corrected chi connectivity index (χ1v) is 10.3. The average Bonchev–Trinajstić information content (AvgIpc) is 3.41. The van der Waals surface area contributed by atoms with Crippen molar-refractivity contribution in [3.05, 3.63) is 23.9 Å². The Kier molecular flexibility index (Phi) is 8.06. The van der Waals surface area contributed by atoms with Crippen LogP contribution in [-0.2, 0) is 19.1 Å². The van der Waals surface area contributed by atoms with Gasteiger partial charge in [-0.1, -0.05) is 0 Å². The van der Waals surface area contributed by atoms with Crippen molar-refractivity contribution in [3.63, 3.8) is 0 Å². The number of aliphatic carboxylic acids is 1. The number of aromatic nitrogens is 2. The van der Waals surface area contributed by atoms with Gasteiger partial charge in [-0.15, -0.1) is 0 Å². The third kappa shape index (κ3) is 6.65. The molecule has 4 rings (SSSR count). The Labute approximate surface area is 190 Å². The third-order valence-corrected chi connectivity index (χ3v) is 5.24. The Morgan fingerprint density at radius 2 is 1.85 bits per heavy atom. The summed E-state index contributed by atoms with van der Waals surface area (Å²) in [5.74, 6) is -4.08. The van der Waals surface area contributed by atoms with Gasteiger partial charge in [0.25, 0.3) is 5.91 Å². The molecule has 0 spiro atoms. The molecule has 1 aromatic heterocycles. The number of nitrogens with zero attached hydrogens (tertiary/aromatic N) is 2. The molecule has 3 heterocycles. The van der Waals surface area contributed by atoms with Crippen LogP contribution in [-0.4, -0.2) is 94.4 Å². The number of halogens is 3. The van der Waals surface area contributed by atoms with Gasteiger partial charge in [-0.2, -0.15) is 18.3 Å². The summed E-state index contributed by atoms with van der Waals surface area (Å²) in [7, 11) is 0. The first-order valence-electron chi connectivity index (χ1n) is 10.3.